The first-order valence-corrected chi connectivity index (χ1v) is 5.76. The molecule has 0 spiro atoms. The van der Waals surface area contributed by atoms with E-state index in [2.05, 4.69) is 0 Å². The van der Waals surface area contributed by atoms with Gasteiger partial charge in [0.05, 0.1) is 6.54 Å². The molecular weight excluding hydrogens is 238 g/mol. The van der Waals surface area contributed by atoms with Crippen LogP contribution in [0.15, 0.2) is 0 Å². The van der Waals surface area contributed by atoms with Gasteiger partial charge < -0.3 is 14.6 Å². The zero-order valence-electron chi connectivity index (χ0n) is 11.3. The van der Waals surface area contributed by atoms with E-state index >= 15 is 0 Å². The SMILES string of the molecule is CN(CC(=O)OC(C)(C)C)C(CCC=O)C(=O)O. The Labute approximate surface area is 107 Å². The fraction of sp³-hybridized carbons (Fsp3) is 0.750. The van der Waals surface area contributed by atoms with Gasteiger partial charge in [-0.2, -0.15) is 0 Å². The van der Waals surface area contributed by atoms with Crippen LogP contribution in [0.3, 0.4) is 0 Å². The Morgan fingerprint density at radius 3 is 2.33 bits per heavy atom. The fourth-order valence-electron chi connectivity index (χ4n) is 1.45. The third kappa shape index (κ3) is 7.01. The van der Waals surface area contributed by atoms with Gasteiger partial charge in [0.15, 0.2) is 0 Å². The molecule has 6 heteroatoms. The summed E-state index contributed by atoms with van der Waals surface area (Å²) in [4.78, 5) is 34.2. The van der Waals surface area contributed by atoms with Gasteiger partial charge >= 0.3 is 11.9 Å². The normalized spacial score (nSPS) is 13.2. The van der Waals surface area contributed by atoms with E-state index in [-0.39, 0.29) is 19.4 Å². The van der Waals surface area contributed by atoms with E-state index < -0.39 is 23.6 Å². The lowest BCUT2D eigenvalue weighted by molar-refractivity contribution is -0.157. The summed E-state index contributed by atoms with van der Waals surface area (Å²) >= 11 is 0. The second-order valence-corrected chi connectivity index (χ2v) is 5.10. The van der Waals surface area contributed by atoms with Crippen LogP contribution in [-0.2, 0) is 19.1 Å². The summed E-state index contributed by atoms with van der Waals surface area (Å²) in [6.07, 6.45) is 0.991. The van der Waals surface area contributed by atoms with Crippen molar-refractivity contribution in [2.45, 2.75) is 45.3 Å². The van der Waals surface area contributed by atoms with Crippen molar-refractivity contribution in [1.82, 2.24) is 4.90 Å². The zero-order valence-corrected chi connectivity index (χ0v) is 11.3. The van der Waals surface area contributed by atoms with Crippen LogP contribution < -0.4 is 0 Å². The number of hydrogen-bond donors (Lipinski definition) is 1. The van der Waals surface area contributed by atoms with Gasteiger partial charge in [0.2, 0.25) is 0 Å². The van der Waals surface area contributed by atoms with E-state index in [1.165, 1.54) is 11.9 Å². The van der Waals surface area contributed by atoms with Crippen LogP contribution in [0.2, 0.25) is 0 Å². The van der Waals surface area contributed by atoms with Crippen LogP contribution in [0.1, 0.15) is 33.6 Å². The molecule has 18 heavy (non-hydrogen) atoms. The largest absolute Gasteiger partial charge is 0.480 e. The first kappa shape index (κ1) is 16.6. The first-order chi connectivity index (χ1) is 8.17. The molecule has 6 nitrogen and oxygen atoms in total. The second kappa shape index (κ2) is 7.10. The van der Waals surface area contributed by atoms with Crippen molar-refractivity contribution >= 4 is 18.2 Å². The minimum absolute atomic E-state index is 0.118. The number of rotatable bonds is 7. The van der Waals surface area contributed by atoms with Gasteiger partial charge in [-0.1, -0.05) is 0 Å². The number of ether oxygens (including phenoxy) is 1. The van der Waals surface area contributed by atoms with Gasteiger partial charge in [0.1, 0.15) is 17.9 Å². The lowest BCUT2D eigenvalue weighted by Crippen LogP contribution is -2.43. The molecule has 0 aromatic rings. The maximum atomic E-state index is 11.5. The van der Waals surface area contributed by atoms with Crippen LogP contribution in [0.4, 0.5) is 0 Å². The highest BCUT2D eigenvalue weighted by Gasteiger charge is 2.25. The number of carboxylic acids is 1. The monoisotopic (exact) mass is 259 g/mol. The molecule has 0 aliphatic carbocycles. The summed E-state index contributed by atoms with van der Waals surface area (Å²) in [5, 5.41) is 9.01. The molecule has 104 valence electrons. The Balaban J connectivity index is 4.41. The Morgan fingerprint density at radius 2 is 1.94 bits per heavy atom. The molecule has 0 fully saturated rings. The number of aliphatic carboxylic acids is 1. The number of hydrogen-bond acceptors (Lipinski definition) is 5. The van der Waals surface area contributed by atoms with Crippen molar-refractivity contribution in [2.75, 3.05) is 13.6 Å². The molecule has 0 rings (SSSR count). The number of carbonyl (C=O) groups excluding carboxylic acids is 2. The molecule has 0 radical (unpaired) electrons. The second-order valence-electron chi connectivity index (χ2n) is 5.10. The van der Waals surface area contributed by atoms with E-state index in [1.54, 1.807) is 20.8 Å². The van der Waals surface area contributed by atoms with Gasteiger partial charge in [-0.15, -0.1) is 0 Å². The van der Waals surface area contributed by atoms with Crippen molar-refractivity contribution in [3.8, 4) is 0 Å². The van der Waals surface area contributed by atoms with Gasteiger partial charge in [0, 0.05) is 6.42 Å². The molecule has 0 aliphatic heterocycles. The predicted octanol–water partition coefficient (Wildman–Crippen LogP) is 0.692. The van der Waals surface area contributed by atoms with E-state index in [0.717, 1.165) is 0 Å². The minimum atomic E-state index is -1.05. The van der Waals surface area contributed by atoms with E-state index in [4.69, 9.17) is 9.84 Å². The van der Waals surface area contributed by atoms with Crippen LogP contribution in [-0.4, -0.2) is 53.5 Å². The molecule has 1 unspecified atom stereocenters. The molecule has 0 amide bonds. The van der Waals surface area contributed by atoms with Gasteiger partial charge in [-0.25, -0.2) is 0 Å². The zero-order chi connectivity index (χ0) is 14.3. The summed E-state index contributed by atoms with van der Waals surface area (Å²) in [5.41, 5.74) is -0.598. The summed E-state index contributed by atoms with van der Waals surface area (Å²) < 4.78 is 5.10. The molecule has 0 heterocycles. The number of likely N-dealkylation sites (N-methyl/N-ethyl adjacent to an activating group) is 1. The number of carboxylic acid groups (broad SMARTS) is 1. The molecule has 0 aromatic heterocycles. The summed E-state index contributed by atoms with van der Waals surface area (Å²) in [6, 6.07) is -0.859. The number of esters is 1. The van der Waals surface area contributed by atoms with Crippen LogP contribution in [0.25, 0.3) is 0 Å². The smallest absolute Gasteiger partial charge is 0.320 e. The first-order valence-electron chi connectivity index (χ1n) is 5.76. The van der Waals surface area contributed by atoms with Crippen molar-refractivity contribution in [3.05, 3.63) is 0 Å². The molecule has 0 aliphatic rings. The van der Waals surface area contributed by atoms with Gasteiger partial charge in [-0.05, 0) is 34.2 Å². The average molecular weight is 259 g/mol. The summed E-state index contributed by atoms with van der Waals surface area (Å²) in [6.45, 7) is 5.11. The Bertz CT molecular complexity index is 308. The van der Waals surface area contributed by atoms with Crippen LogP contribution in [0.5, 0.6) is 0 Å². The van der Waals surface area contributed by atoms with Crippen molar-refractivity contribution in [2.24, 2.45) is 0 Å². The van der Waals surface area contributed by atoms with Gasteiger partial charge in [-0.3, -0.25) is 14.5 Å². The topological polar surface area (TPSA) is 83.9 Å². The van der Waals surface area contributed by atoms with Gasteiger partial charge in [0.25, 0.3) is 0 Å². The highest BCUT2D eigenvalue weighted by Crippen LogP contribution is 2.09. The van der Waals surface area contributed by atoms with Crippen LogP contribution >= 0.6 is 0 Å². The van der Waals surface area contributed by atoms with E-state index in [1.807, 2.05) is 0 Å². The Kier molecular flexibility index (Phi) is 6.54. The Morgan fingerprint density at radius 1 is 1.39 bits per heavy atom. The highest BCUT2D eigenvalue weighted by molar-refractivity contribution is 5.76. The molecule has 0 saturated heterocycles. The molecule has 1 atom stereocenters. The molecular formula is C12H21NO5. The van der Waals surface area contributed by atoms with E-state index in [0.29, 0.717) is 6.29 Å². The van der Waals surface area contributed by atoms with Crippen molar-refractivity contribution in [3.63, 3.8) is 0 Å². The van der Waals surface area contributed by atoms with Crippen molar-refractivity contribution in [1.29, 1.82) is 0 Å². The summed E-state index contributed by atoms with van der Waals surface area (Å²) in [7, 11) is 1.52. The Hall–Kier alpha value is -1.43. The maximum Gasteiger partial charge on any atom is 0.320 e. The highest BCUT2D eigenvalue weighted by atomic mass is 16.6. The van der Waals surface area contributed by atoms with Crippen molar-refractivity contribution < 1.29 is 24.2 Å². The van der Waals surface area contributed by atoms with Crippen LogP contribution in [0, 0.1) is 0 Å². The lowest BCUT2D eigenvalue weighted by Gasteiger charge is -2.25. The summed E-state index contributed by atoms with van der Waals surface area (Å²) in [5.74, 6) is -1.54. The molecule has 1 N–H and O–H groups in total. The molecule has 0 bridgehead atoms. The predicted molar refractivity (Wildman–Crippen MR) is 65.2 cm³/mol. The average Bonchev–Trinajstić information content (AvgIpc) is 2.14. The fourth-order valence-corrected chi connectivity index (χ4v) is 1.45. The lowest BCUT2D eigenvalue weighted by atomic mass is 10.1. The number of carbonyl (C=O) groups is 3. The molecule has 0 aromatic carbocycles. The number of nitrogens with zero attached hydrogens (tertiary/aromatic N) is 1. The standard InChI is InChI=1S/C12H21NO5/c1-12(2,3)18-10(15)8-13(4)9(11(16)17)6-5-7-14/h7,9H,5-6,8H2,1-4H3,(H,16,17). The third-order valence-corrected chi connectivity index (χ3v) is 2.17. The molecule has 0 saturated carbocycles. The third-order valence-electron chi connectivity index (χ3n) is 2.17. The van der Waals surface area contributed by atoms with E-state index in [9.17, 15) is 14.4 Å². The number of aldehydes is 1. The quantitative estimate of drug-likeness (QED) is 0.535. The maximum absolute atomic E-state index is 11.5. The minimum Gasteiger partial charge on any atom is -0.480 e.